The van der Waals surface area contributed by atoms with Crippen LogP contribution in [-0.4, -0.2) is 27.5 Å². The Bertz CT molecular complexity index is 867. The molecule has 0 spiro atoms. The van der Waals surface area contributed by atoms with Crippen LogP contribution in [0.4, 0.5) is 4.39 Å². The van der Waals surface area contributed by atoms with Crippen molar-refractivity contribution in [2.75, 3.05) is 13.1 Å². The Hall–Kier alpha value is -2.50. The molecule has 3 aromatic rings. The molecule has 0 aliphatic heterocycles. The number of aryl methyl sites for hydroxylation is 2. The lowest BCUT2D eigenvalue weighted by molar-refractivity contribution is 0.254. The van der Waals surface area contributed by atoms with E-state index >= 15 is 0 Å². The van der Waals surface area contributed by atoms with E-state index in [4.69, 9.17) is 5.73 Å². The molecule has 0 saturated heterocycles. The lowest BCUT2D eigenvalue weighted by Crippen LogP contribution is -2.30. The predicted molar refractivity (Wildman–Crippen MR) is 107 cm³/mol. The van der Waals surface area contributed by atoms with Crippen LogP contribution < -0.4 is 5.73 Å². The molecule has 0 amide bonds. The van der Waals surface area contributed by atoms with E-state index in [0.717, 1.165) is 24.5 Å². The van der Waals surface area contributed by atoms with Crippen molar-refractivity contribution in [3.05, 3.63) is 88.8 Å². The zero-order valence-corrected chi connectivity index (χ0v) is 16.0. The van der Waals surface area contributed by atoms with Gasteiger partial charge >= 0.3 is 0 Å². The van der Waals surface area contributed by atoms with Crippen LogP contribution in [0.25, 0.3) is 0 Å². The molecule has 0 atom stereocenters. The van der Waals surface area contributed by atoms with Crippen LogP contribution in [0.2, 0.25) is 0 Å². The molecule has 5 heteroatoms. The average molecular weight is 366 g/mol. The van der Waals surface area contributed by atoms with Gasteiger partial charge in [0.2, 0.25) is 0 Å². The summed E-state index contributed by atoms with van der Waals surface area (Å²) < 4.78 is 15.7. The van der Waals surface area contributed by atoms with Crippen molar-refractivity contribution in [2.24, 2.45) is 5.73 Å². The van der Waals surface area contributed by atoms with Gasteiger partial charge in [-0.25, -0.2) is 9.37 Å². The molecule has 142 valence electrons. The molecule has 1 heterocycles. The molecule has 0 unspecified atom stereocenters. The van der Waals surface area contributed by atoms with Gasteiger partial charge in [-0.05, 0) is 37.1 Å². The fraction of sp³-hybridized carbons (Fsp3) is 0.318. The highest BCUT2D eigenvalue weighted by atomic mass is 19.1. The van der Waals surface area contributed by atoms with E-state index in [9.17, 15) is 4.39 Å². The van der Waals surface area contributed by atoms with Crippen molar-refractivity contribution >= 4 is 0 Å². The molecule has 1 aromatic heterocycles. The van der Waals surface area contributed by atoms with Gasteiger partial charge in [-0.3, -0.25) is 4.90 Å². The Labute approximate surface area is 160 Å². The van der Waals surface area contributed by atoms with E-state index in [0.29, 0.717) is 19.6 Å². The van der Waals surface area contributed by atoms with E-state index in [1.807, 2.05) is 18.5 Å². The number of nitrogens with zero attached hydrogens (tertiary/aromatic N) is 3. The Balaban J connectivity index is 1.74. The number of hydrogen-bond acceptors (Lipinski definition) is 3. The van der Waals surface area contributed by atoms with Gasteiger partial charge in [-0.2, -0.15) is 0 Å². The fourth-order valence-corrected chi connectivity index (χ4v) is 3.48. The summed E-state index contributed by atoms with van der Waals surface area (Å²) in [7, 11) is 0. The highest BCUT2D eigenvalue weighted by Gasteiger charge is 2.12. The smallest absolute Gasteiger partial charge is 0.123 e. The average Bonchev–Trinajstić information content (AvgIpc) is 3.01. The fourth-order valence-electron chi connectivity index (χ4n) is 3.48. The second kappa shape index (κ2) is 8.93. The van der Waals surface area contributed by atoms with Gasteiger partial charge in [0.05, 0.1) is 6.54 Å². The van der Waals surface area contributed by atoms with E-state index in [1.165, 1.54) is 22.8 Å². The van der Waals surface area contributed by atoms with Gasteiger partial charge in [0.15, 0.2) is 0 Å². The zero-order valence-electron chi connectivity index (χ0n) is 16.0. The van der Waals surface area contributed by atoms with Crippen molar-refractivity contribution < 1.29 is 4.39 Å². The number of aromatic nitrogens is 2. The number of imidazole rings is 1. The first-order valence-corrected chi connectivity index (χ1v) is 9.27. The molecular formula is C22H27FN4. The first-order chi connectivity index (χ1) is 13.0. The first kappa shape index (κ1) is 19.3. The summed E-state index contributed by atoms with van der Waals surface area (Å²) in [5.74, 6) is 0.774. The van der Waals surface area contributed by atoms with Crippen molar-refractivity contribution in [1.29, 1.82) is 0 Å². The molecule has 27 heavy (non-hydrogen) atoms. The molecule has 2 aromatic carbocycles. The molecule has 0 fully saturated rings. The Morgan fingerprint density at radius 3 is 2.52 bits per heavy atom. The van der Waals surface area contributed by atoms with Gasteiger partial charge in [0.25, 0.3) is 0 Å². The Kier molecular flexibility index (Phi) is 6.37. The summed E-state index contributed by atoms with van der Waals surface area (Å²) in [6.45, 7) is 7.62. The lowest BCUT2D eigenvalue weighted by atomic mass is 10.1. The summed E-state index contributed by atoms with van der Waals surface area (Å²) >= 11 is 0. The zero-order chi connectivity index (χ0) is 19.2. The SMILES string of the molecule is Cc1cc(C)cc(Cn2ccnc2CN(CCN)Cc2cccc(F)c2)c1. The van der Waals surface area contributed by atoms with Crippen molar-refractivity contribution in [2.45, 2.75) is 33.5 Å². The minimum atomic E-state index is -0.212. The summed E-state index contributed by atoms with van der Waals surface area (Å²) in [4.78, 5) is 6.75. The third-order valence-electron chi connectivity index (χ3n) is 4.54. The van der Waals surface area contributed by atoms with Crippen LogP contribution in [0.5, 0.6) is 0 Å². The van der Waals surface area contributed by atoms with Crippen LogP contribution in [0.1, 0.15) is 28.1 Å². The minimum absolute atomic E-state index is 0.212. The molecule has 0 saturated carbocycles. The summed E-state index contributed by atoms with van der Waals surface area (Å²) in [6, 6.07) is 13.3. The number of benzene rings is 2. The lowest BCUT2D eigenvalue weighted by Gasteiger charge is -2.22. The molecule has 4 nitrogen and oxygen atoms in total. The molecule has 3 rings (SSSR count). The molecule has 0 radical (unpaired) electrons. The van der Waals surface area contributed by atoms with E-state index < -0.39 is 0 Å². The van der Waals surface area contributed by atoms with Crippen LogP contribution in [-0.2, 0) is 19.6 Å². The number of halogens is 1. The second-order valence-electron chi connectivity index (χ2n) is 7.10. The highest BCUT2D eigenvalue weighted by Crippen LogP contribution is 2.14. The standard InChI is InChI=1S/C22H27FN4/c1-17-10-18(2)12-20(11-17)15-27-9-7-25-22(27)16-26(8-6-24)14-19-4-3-5-21(23)13-19/h3-5,7,9-13H,6,8,14-16,24H2,1-2H3. The van der Waals surface area contributed by atoms with Crippen molar-refractivity contribution in [3.63, 3.8) is 0 Å². The van der Waals surface area contributed by atoms with Gasteiger partial charge in [0.1, 0.15) is 11.6 Å². The maximum Gasteiger partial charge on any atom is 0.123 e. The monoisotopic (exact) mass is 366 g/mol. The van der Waals surface area contributed by atoms with Crippen LogP contribution in [0.15, 0.2) is 54.9 Å². The van der Waals surface area contributed by atoms with Crippen LogP contribution in [0, 0.1) is 19.7 Å². The Morgan fingerprint density at radius 1 is 1.04 bits per heavy atom. The van der Waals surface area contributed by atoms with Gasteiger partial charge in [0, 0.05) is 38.6 Å². The number of rotatable bonds is 8. The second-order valence-corrected chi connectivity index (χ2v) is 7.10. The third kappa shape index (κ3) is 5.49. The first-order valence-electron chi connectivity index (χ1n) is 9.27. The summed E-state index contributed by atoms with van der Waals surface area (Å²) in [6.07, 6.45) is 3.84. The van der Waals surface area contributed by atoms with Gasteiger partial charge in [-0.15, -0.1) is 0 Å². The predicted octanol–water partition coefficient (Wildman–Crippen LogP) is 3.65. The molecular weight excluding hydrogens is 339 g/mol. The molecule has 0 aliphatic carbocycles. The maximum absolute atomic E-state index is 13.5. The van der Waals surface area contributed by atoms with E-state index in [1.54, 1.807) is 12.1 Å². The van der Waals surface area contributed by atoms with Crippen LogP contribution >= 0.6 is 0 Å². The van der Waals surface area contributed by atoms with E-state index in [2.05, 4.69) is 46.5 Å². The van der Waals surface area contributed by atoms with Crippen molar-refractivity contribution in [1.82, 2.24) is 14.5 Å². The summed E-state index contributed by atoms with van der Waals surface area (Å²) in [5, 5.41) is 0. The largest absolute Gasteiger partial charge is 0.329 e. The molecule has 0 bridgehead atoms. The number of hydrogen-bond donors (Lipinski definition) is 1. The molecule has 2 N–H and O–H groups in total. The minimum Gasteiger partial charge on any atom is -0.329 e. The highest BCUT2D eigenvalue weighted by molar-refractivity contribution is 5.29. The van der Waals surface area contributed by atoms with Gasteiger partial charge < -0.3 is 10.3 Å². The normalized spacial score (nSPS) is 11.3. The topological polar surface area (TPSA) is 47.1 Å². The van der Waals surface area contributed by atoms with E-state index in [-0.39, 0.29) is 5.82 Å². The van der Waals surface area contributed by atoms with Crippen LogP contribution in [0.3, 0.4) is 0 Å². The quantitative estimate of drug-likeness (QED) is 0.662. The van der Waals surface area contributed by atoms with Gasteiger partial charge in [-0.1, -0.05) is 41.5 Å². The Morgan fingerprint density at radius 2 is 1.81 bits per heavy atom. The maximum atomic E-state index is 13.5. The molecule has 0 aliphatic rings. The summed E-state index contributed by atoms with van der Waals surface area (Å²) in [5.41, 5.74) is 10.5. The number of nitrogens with two attached hydrogens (primary N) is 1. The third-order valence-corrected chi connectivity index (χ3v) is 4.54. The van der Waals surface area contributed by atoms with Crippen molar-refractivity contribution in [3.8, 4) is 0 Å².